The maximum atomic E-state index is 11.4. The van der Waals surface area contributed by atoms with Gasteiger partial charge in [0.2, 0.25) is 0 Å². The SMILES string of the molecule is CC[C@](C)(O)C(=O)NC(C)(C)C. The highest BCUT2D eigenvalue weighted by Crippen LogP contribution is 2.10. The molecule has 72 valence electrons. The molecule has 1 amide bonds. The predicted octanol–water partition coefficient (Wildman–Crippen LogP) is 1.06. The summed E-state index contributed by atoms with van der Waals surface area (Å²) in [7, 11) is 0. The van der Waals surface area contributed by atoms with E-state index in [1.165, 1.54) is 6.92 Å². The predicted molar refractivity (Wildman–Crippen MR) is 48.8 cm³/mol. The van der Waals surface area contributed by atoms with Crippen LogP contribution in [0.2, 0.25) is 0 Å². The summed E-state index contributed by atoms with van der Waals surface area (Å²) in [6.07, 6.45) is 0.426. The van der Waals surface area contributed by atoms with Gasteiger partial charge in [-0.1, -0.05) is 6.92 Å². The zero-order chi connectivity index (χ0) is 9.99. The summed E-state index contributed by atoms with van der Waals surface area (Å²) in [4.78, 5) is 11.4. The van der Waals surface area contributed by atoms with E-state index in [0.717, 1.165) is 0 Å². The maximum absolute atomic E-state index is 11.4. The summed E-state index contributed by atoms with van der Waals surface area (Å²) in [5, 5.41) is 12.3. The minimum Gasteiger partial charge on any atom is -0.380 e. The van der Waals surface area contributed by atoms with Gasteiger partial charge in [-0.25, -0.2) is 0 Å². The van der Waals surface area contributed by atoms with Gasteiger partial charge in [0.05, 0.1) is 0 Å². The third-order valence-corrected chi connectivity index (χ3v) is 1.67. The van der Waals surface area contributed by atoms with E-state index in [1.807, 2.05) is 20.8 Å². The van der Waals surface area contributed by atoms with Gasteiger partial charge in [0.15, 0.2) is 0 Å². The quantitative estimate of drug-likeness (QED) is 0.656. The Balaban J connectivity index is 4.23. The fourth-order valence-corrected chi connectivity index (χ4v) is 0.636. The number of rotatable bonds is 2. The molecular formula is C9H19NO2. The van der Waals surface area contributed by atoms with Crippen molar-refractivity contribution in [1.29, 1.82) is 0 Å². The molecule has 0 aromatic heterocycles. The van der Waals surface area contributed by atoms with Crippen LogP contribution in [0.5, 0.6) is 0 Å². The van der Waals surface area contributed by atoms with Gasteiger partial charge in [-0.15, -0.1) is 0 Å². The number of amides is 1. The molecule has 0 bridgehead atoms. The maximum Gasteiger partial charge on any atom is 0.252 e. The molecule has 0 heterocycles. The lowest BCUT2D eigenvalue weighted by Crippen LogP contribution is -2.51. The summed E-state index contributed by atoms with van der Waals surface area (Å²) < 4.78 is 0. The van der Waals surface area contributed by atoms with E-state index < -0.39 is 5.60 Å². The Labute approximate surface area is 74.2 Å². The van der Waals surface area contributed by atoms with Gasteiger partial charge >= 0.3 is 0 Å². The third-order valence-electron chi connectivity index (χ3n) is 1.67. The van der Waals surface area contributed by atoms with Crippen LogP contribution in [0.4, 0.5) is 0 Å². The molecule has 0 aliphatic heterocycles. The molecule has 0 aliphatic carbocycles. The first-order valence-corrected chi connectivity index (χ1v) is 4.24. The molecule has 2 N–H and O–H groups in total. The zero-order valence-corrected chi connectivity index (χ0v) is 8.56. The first-order valence-electron chi connectivity index (χ1n) is 4.24. The third kappa shape index (κ3) is 3.72. The van der Waals surface area contributed by atoms with Crippen molar-refractivity contribution in [1.82, 2.24) is 5.32 Å². The molecule has 0 aromatic rings. The monoisotopic (exact) mass is 173 g/mol. The number of nitrogens with one attached hydrogen (secondary N) is 1. The summed E-state index contributed by atoms with van der Waals surface area (Å²) >= 11 is 0. The molecule has 0 rings (SSSR count). The van der Waals surface area contributed by atoms with E-state index in [1.54, 1.807) is 6.92 Å². The average molecular weight is 173 g/mol. The highest BCUT2D eigenvalue weighted by molar-refractivity contribution is 5.84. The lowest BCUT2D eigenvalue weighted by Gasteiger charge is -2.27. The highest BCUT2D eigenvalue weighted by atomic mass is 16.3. The van der Waals surface area contributed by atoms with E-state index in [4.69, 9.17) is 0 Å². The Kier molecular flexibility index (Phi) is 3.27. The smallest absolute Gasteiger partial charge is 0.252 e. The lowest BCUT2D eigenvalue weighted by molar-refractivity contribution is -0.139. The second-order valence-electron chi connectivity index (χ2n) is 4.33. The first-order chi connectivity index (χ1) is 5.19. The second kappa shape index (κ2) is 3.44. The molecule has 0 radical (unpaired) electrons. The first kappa shape index (κ1) is 11.4. The van der Waals surface area contributed by atoms with Gasteiger partial charge in [-0.05, 0) is 34.1 Å². The second-order valence-corrected chi connectivity index (χ2v) is 4.33. The molecule has 3 heteroatoms. The molecule has 3 nitrogen and oxygen atoms in total. The van der Waals surface area contributed by atoms with Gasteiger partial charge in [0, 0.05) is 5.54 Å². The van der Waals surface area contributed by atoms with Crippen LogP contribution in [0.15, 0.2) is 0 Å². The van der Waals surface area contributed by atoms with Crippen molar-refractivity contribution in [3.8, 4) is 0 Å². The van der Waals surface area contributed by atoms with Gasteiger partial charge < -0.3 is 10.4 Å². The molecule has 0 saturated heterocycles. The molecule has 12 heavy (non-hydrogen) atoms. The summed E-state index contributed by atoms with van der Waals surface area (Å²) in [6, 6.07) is 0. The number of carbonyl (C=O) groups is 1. The molecule has 1 atom stereocenters. The number of hydrogen-bond acceptors (Lipinski definition) is 2. The number of carbonyl (C=O) groups excluding carboxylic acids is 1. The highest BCUT2D eigenvalue weighted by Gasteiger charge is 2.30. The van der Waals surface area contributed by atoms with Crippen LogP contribution >= 0.6 is 0 Å². The molecule has 0 saturated carbocycles. The Morgan fingerprint density at radius 3 is 2.00 bits per heavy atom. The zero-order valence-electron chi connectivity index (χ0n) is 8.56. The fraction of sp³-hybridized carbons (Fsp3) is 0.889. The van der Waals surface area contributed by atoms with Crippen molar-refractivity contribution in [2.45, 2.75) is 52.2 Å². The Bertz CT molecular complexity index is 168. The molecule has 0 aromatic carbocycles. The van der Waals surface area contributed by atoms with E-state index in [-0.39, 0.29) is 11.4 Å². The van der Waals surface area contributed by atoms with Crippen LogP contribution < -0.4 is 5.32 Å². The Hall–Kier alpha value is -0.570. The van der Waals surface area contributed by atoms with Crippen LogP contribution in [0.1, 0.15) is 41.0 Å². The number of aliphatic hydroxyl groups is 1. The summed E-state index contributed by atoms with van der Waals surface area (Å²) in [5.74, 6) is -0.308. The normalized spacial score (nSPS) is 16.8. The van der Waals surface area contributed by atoms with Gasteiger partial charge in [0.25, 0.3) is 5.91 Å². The average Bonchev–Trinajstić information content (AvgIpc) is 1.84. The van der Waals surface area contributed by atoms with Crippen molar-refractivity contribution in [2.75, 3.05) is 0 Å². The minimum atomic E-state index is -1.24. The van der Waals surface area contributed by atoms with Crippen LogP contribution in [0.3, 0.4) is 0 Å². The number of hydrogen-bond donors (Lipinski definition) is 2. The van der Waals surface area contributed by atoms with E-state index in [0.29, 0.717) is 6.42 Å². The van der Waals surface area contributed by atoms with Crippen LogP contribution in [-0.4, -0.2) is 22.2 Å². The summed E-state index contributed by atoms with van der Waals surface area (Å²) in [6.45, 7) is 8.96. The Morgan fingerprint density at radius 1 is 1.33 bits per heavy atom. The molecule has 0 spiro atoms. The van der Waals surface area contributed by atoms with Gasteiger partial charge in [0.1, 0.15) is 5.60 Å². The Morgan fingerprint density at radius 2 is 1.75 bits per heavy atom. The molecular weight excluding hydrogens is 154 g/mol. The van der Waals surface area contributed by atoms with Crippen LogP contribution in [0, 0.1) is 0 Å². The minimum absolute atomic E-state index is 0.282. The van der Waals surface area contributed by atoms with Crippen LogP contribution in [0.25, 0.3) is 0 Å². The summed E-state index contributed by atoms with van der Waals surface area (Å²) in [5.41, 5.74) is -1.52. The van der Waals surface area contributed by atoms with Crippen molar-refractivity contribution >= 4 is 5.91 Å². The van der Waals surface area contributed by atoms with Crippen LogP contribution in [-0.2, 0) is 4.79 Å². The largest absolute Gasteiger partial charge is 0.380 e. The molecule has 0 fully saturated rings. The molecule has 0 unspecified atom stereocenters. The van der Waals surface area contributed by atoms with E-state index in [2.05, 4.69) is 5.32 Å². The van der Waals surface area contributed by atoms with Crippen molar-refractivity contribution in [3.05, 3.63) is 0 Å². The van der Waals surface area contributed by atoms with E-state index >= 15 is 0 Å². The topological polar surface area (TPSA) is 49.3 Å². The van der Waals surface area contributed by atoms with Crippen molar-refractivity contribution in [2.24, 2.45) is 0 Å². The van der Waals surface area contributed by atoms with Crippen molar-refractivity contribution < 1.29 is 9.90 Å². The standard InChI is InChI=1S/C9H19NO2/c1-6-9(5,12)7(11)10-8(2,3)4/h12H,6H2,1-5H3,(H,10,11)/t9-/m0/s1. The fourth-order valence-electron chi connectivity index (χ4n) is 0.636. The van der Waals surface area contributed by atoms with E-state index in [9.17, 15) is 9.90 Å². The lowest BCUT2D eigenvalue weighted by atomic mass is 10.00. The molecule has 0 aliphatic rings. The van der Waals surface area contributed by atoms with Gasteiger partial charge in [-0.2, -0.15) is 0 Å². The van der Waals surface area contributed by atoms with Gasteiger partial charge in [-0.3, -0.25) is 4.79 Å². The van der Waals surface area contributed by atoms with Crippen molar-refractivity contribution in [3.63, 3.8) is 0 Å².